The number of halogens is 1. The molecule has 0 saturated heterocycles. The van der Waals surface area contributed by atoms with Crippen molar-refractivity contribution < 1.29 is 9.53 Å². The molecule has 0 fully saturated rings. The Morgan fingerprint density at radius 3 is 2.87 bits per heavy atom. The van der Waals surface area contributed by atoms with Crippen LogP contribution in [0.4, 0.5) is 10.5 Å². The van der Waals surface area contributed by atoms with Gasteiger partial charge in [-0.15, -0.1) is 0 Å². The molecule has 0 aliphatic carbocycles. The molecular formula is C11H14INO2. The first-order valence-electron chi connectivity index (χ1n) is 4.92. The Balaban J connectivity index is 2.41. The quantitative estimate of drug-likeness (QED) is 0.680. The topological polar surface area (TPSA) is 38.3 Å². The summed E-state index contributed by atoms with van der Waals surface area (Å²) in [5, 5.41) is 2.70. The molecule has 0 atom stereocenters. The average molecular weight is 319 g/mol. The Kier molecular flexibility index (Phi) is 5.45. The molecule has 0 heterocycles. The monoisotopic (exact) mass is 319 g/mol. The fourth-order valence-corrected chi connectivity index (χ4v) is 1.54. The largest absolute Gasteiger partial charge is 0.449 e. The zero-order valence-electron chi connectivity index (χ0n) is 8.63. The molecule has 0 unspecified atom stereocenters. The molecule has 1 rings (SSSR count). The van der Waals surface area contributed by atoms with Crippen LogP contribution in [0.5, 0.6) is 0 Å². The van der Waals surface area contributed by atoms with Gasteiger partial charge >= 0.3 is 6.09 Å². The summed E-state index contributed by atoms with van der Waals surface area (Å²) in [5.74, 6) is 0. The zero-order chi connectivity index (χ0) is 11.1. The van der Waals surface area contributed by atoms with E-state index in [1.165, 1.54) is 0 Å². The summed E-state index contributed by atoms with van der Waals surface area (Å²) >= 11 is 2.17. The Morgan fingerprint density at radius 2 is 2.20 bits per heavy atom. The van der Waals surface area contributed by atoms with Crippen LogP contribution in [0.1, 0.15) is 19.8 Å². The third-order valence-electron chi connectivity index (χ3n) is 1.84. The van der Waals surface area contributed by atoms with Crippen molar-refractivity contribution in [2.24, 2.45) is 0 Å². The van der Waals surface area contributed by atoms with Crippen molar-refractivity contribution in [3.05, 3.63) is 27.8 Å². The number of hydrogen-bond acceptors (Lipinski definition) is 2. The van der Waals surface area contributed by atoms with Crippen molar-refractivity contribution in [1.82, 2.24) is 0 Å². The van der Waals surface area contributed by atoms with Gasteiger partial charge in [0.05, 0.1) is 12.3 Å². The van der Waals surface area contributed by atoms with Gasteiger partial charge in [-0.05, 0) is 41.1 Å². The maximum Gasteiger partial charge on any atom is 0.411 e. The number of carbonyl (C=O) groups is 1. The van der Waals surface area contributed by atoms with E-state index >= 15 is 0 Å². The summed E-state index contributed by atoms with van der Waals surface area (Å²) in [4.78, 5) is 11.3. The lowest BCUT2D eigenvalue weighted by Gasteiger charge is -2.07. The molecule has 82 valence electrons. The first kappa shape index (κ1) is 12.3. The molecule has 0 aliphatic heterocycles. The van der Waals surface area contributed by atoms with E-state index in [1.807, 2.05) is 24.3 Å². The summed E-state index contributed by atoms with van der Waals surface area (Å²) in [6.45, 7) is 2.53. The van der Waals surface area contributed by atoms with Gasteiger partial charge in [0.25, 0.3) is 0 Å². The van der Waals surface area contributed by atoms with Crippen molar-refractivity contribution >= 4 is 34.4 Å². The second kappa shape index (κ2) is 6.66. The van der Waals surface area contributed by atoms with Crippen molar-refractivity contribution in [3.8, 4) is 0 Å². The van der Waals surface area contributed by atoms with Crippen LogP contribution in [-0.4, -0.2) is 12.7 Å². The number of unbranched alkanes of at least 4 members (excludes halogenated alkanes) is 1. The van der Waals surface area contributed by atoms with E-state index in [0.29, 0.717) is 6.61 Å². The minimum atomic E-state index is -0.382. The normalized spacial score (nSPS) is 9.73. The summed E-state index contributed by atoms with van der Waals surface area (Å²) < 4.78 is 5.99. The number of rotatable bonds is 4. The SMILES string of the molecule is CCCCOC(=O)Nc1ccccc1I. The molecule has 0 radical (unpaired) electrons. The van der Waals surface area contributed by atoms with E-state index in [4.69, 9.17) is 4.74 Å². The smallest absolute Gasteiger partial charge is 0.411 e. The first-order chi connectivity index (χ1) is 7.24. The number of nitrogens with one attached hydrogen (secondary N) is 1. The molecule has 1 N–H and O–H groups in total. The van der Waals surface area contributed by atoms with Gasteiger partial charge in [0.15, 0.2) is 0 Å². The number of para-hydroxylation sites is 1. The van der Waals surface area contributed by atoms with Gasteiger partial charge in [-0.1, -0.05) is 25.5 Å². The summed E-state index contributed by atoms with van der Waals surface area (Å²) in [6, 6.07) is 7.59. The molecule has 0 spiro atoms. The van der Waals surface area contributed by atoms with Crippen LogP contribution in [0.2, 0.25) is 0 Å². The standard InChI is InChI=1S/C11H14INO2/c1-2-3-8-15-11(14)13-10-7-5-4-6-9(10)12/h4-7H,2-3,8H2,1H3,(H,13,14). The molecule has 0 aliphatic rings. The number of ether oxygens (including phenoxy) is 1. The van der Waals surface area contributed by atoms with Gasteiger partial charge < -0.3 is 4.74 Å². The van der Waals surface area contributed by atoms with Crippen LogP contribution in [0, 0.1) is 3.57 Å². The highest BCUT2D eigenvalue weighted by Gasteiger charge is 2.04. The number of amides is 1. The molecule has 1 aromatic rings. The Bertz CT molecular complexity index is 328. The highest BCUT2D eigenvalue weighted by molar-refractivity contribution is 14.1. The van der Waals surface area contributed by atoms with Gasteiger partial charge in [-0.2, -0.15) is 0 Å². The number of benzene rings is 1. The second-order valence-electron chi connectivity index (χ2n) is 3.09. The van der Waals surface area contributed by atoms with Crippen molar-refractivity contribution in [2.75, 3.05) is 11.9 Å². The van der Waals surface area contributed by atoms with Gasteiger partial charge in [0.1, 0.15) is 0 Å². The first-order valence-corrected chi connectivity index (χ1v) is 6.00. The molecule has 1 amide bonds. The zero-order valence-corrected chi connectivity index (χ0v) is 10.8. The minimum absolute atomic E-state index is 0.382. The molecule has 1 aromatic carbocycles. The van der Waals surface area contributed by atoms with Gasteiger partial charge in [0, 0.05) is 3.57 Å². The average Bonchev–Trinajstić information content (AvgIpc) is 2.22. The summed E-state index contributed by atoms with van der Waals surface area (Å²) in [7, 11) is 0. The molecular weight excluding hydrogens is 305 g/mol. The predicted molar refractivity (Wildman–Crippen MR) is 69.0 cm³/mol. The van der Waals surface area contributed by atoms with E-state index in [0.717, 1.165) is 22.1 Å². The Labute approximate surface area is 103 Å². The summed E-state index contributed by atoms with van der Waals surface area (Å²) in [5.41, 5.74) is 0.791. The van der Waals surface area contributed by atoms with E-state index in [-0.39, 0.29) is 6.09 Å². The molecule has 3 nitrogen and oxygen atoms in total. The number of carbonyl (C=O) groups excluding carboxylic acids is 1. The van der Waals surface area contributed by atoms with Crippen LogP contribution >= 0.6 is 22.6 Å². The number of hydrogen-bond donors (Lipinski definition) is 1. The van der Waals surface area contributed by atoms with E-state index in [9.17, 15) is 4.79 Å². The fraction of sp³-hybridized carbons (Fsp3) is 0.364. The van der Waals surface area contributed by atoms with E-state index in [2.05, 4.69) is 34.8 Å². The van der Waals surface area contributed by atoms with Crippen LogP contribution in [0.25, 0.3) is 0 Å². The maximum atomic E-state index is 11.3. The van der Waals surface area contributed by atoms with Crippen molar-refractivity contribution in [2.45, 2.75) is 19.8 Å². The van der Waals surface area contributed by atoms with Crippen molar-refractivity contribution in [3.63, 3.8) is 0 Å². The van der Waals surface area contributed by atoms with Crippen LogP contribution in [0.15, 0.2) is 24.3 Å². The molecule has 0 saturated carbocycles. The Morgan fingerprint density at radius 1 is 1.47 bits per heavy atom. The number of anilines is 1. The lowest BCUT2D eigenvalue weighted by atomic mass is 10.3. The van der Waals surface area contributed by atoms with Gasteiger partial charge in [0.2, 0.25) is 0 Å². The van der Waals surface area contributed by atoms with Gasteiger partial charge in [-0.25, -0.2) is 4.79 Å². The Hall–Kier alpha value is -0.780. The molecule has 0 aromatic heterocycles. The lowest BCUT2D eigenvalue weighted by Crippen LogP contribution is -2.14. The third kappa shape index (κ3) is 4.51. The highest BCUT2D eigenvalue weighted by Crippen LogP contribution is 2.16. The summed E-state index contributed by atoms with van der Waals surface area (Å²) in [6.07, 6.45) is 1.54. The highest BCUT2D eigenvalue weighted by atomic mass is 127. The van der Waals surface area contributed by atoms with E-state index in [1.54, 1.807) is 0 Å². The fourth-order valence-electron chi connectivity index (χ4n) is 1.02. The maximum absolute atomic E-state index is 11.3. The van der Waals surface area contributed by atoms with Crippen LogP contribution in [0.3, 0.4) is 0 Å². The van der Waals surface area contributed by atoms with E-state index < -0.39 is 0 Å². The van der Waals surface area contributed by atoms with Crippen LogP contribution in [-0.2, 0) is 4.74 Å². The molecule has 4 heteroatoms. The second-order valence-corrected chi connectivity index (χ2v) is 4.26. The third-order valence-corrected chi connectivity index (χ3v) is 2.78. The lowest BCUT2D eigenvalue weighted by molar-refractivity contribution is 0.160. The van der Waals surface area contributed by atoms with Crippen molar-refractivity contribution in [1.29, 1.82) is 0 Å². The predicted octanol–water partition coefficient (Wildman–Crippen LogP) is 3.64. The minimum Gasteiger partial charge on any atom is -0.449 e. The molecule has 0 bridgehead atoms. The van der Waals surface area contributed by atoms with Gasteiger partial charge in [-0.3, -0.25) is 5.32 Å². The molecule has 15 heavy (non-hydrogen) atoms. The van der Waals surface area contributed by atoms with Crippen LogP contribution < -0.4 is 5.32 Å².